The predicted molar refractivity (Wildman–Crippen MR) is 104 cm³/mol. The van der Waals surface area contributed by atoms with Gasteiger partial charge in [-0.3, -0.25) is 0 Å². The van der Waals surface area contributed by atoms with Crippen molar-refractivity contribution in [2.45, 2.75) is 31.4 Å². The standard InChI is InChI=1S/C21H19F6N3O/c1-3-12-30-17(14-8-5-4-6-9-14)28-19(20(22,23)24,21(25,26)27)29-18(30)15-10-7-11-16(13-15)31-2/h4-11,13H,3,12H2,1-2H3. The largest absolute Gasteiger partial charge is 0.497 e. The molecule has 1 aliphatic rings. The van der Waals surface area contributed by atoms with Crippen LogP contribution in [0.1, 0.15) is 24.5 Å². The number of hydrogen-bond acceptors (Lipinski definition) is 4. The van der Waals surface area contributed by atoms with Gasteiger partial charge in [0.2, 0.25) is 0 Å². The molecular formula is C21H19F6N3O. The lowest BCUT2D eigenvalue weighted by molar-refractivity contribution is -0.292. The summed E-state index contributed by atoms with van der Waals surface area (Å²) in [4.78, 5) is 7.72. The van der Waals surface area contributed by atoms with Gasteiger partial charge in [0.05, 0.1) is 7.11 Å². The van der Waals surface area contributed by atoms with Gasteiger partial charge in [-0.1, -0.05) is 49.4 Å². The quantitative estimate of drug-likeness (QED) is 0.578. The molecule has 1 heterocycles. The van der Waals surface area contributed by atoms with Gasteiger partial charge in [-0.05, 0) is 18.6 Å². The normalized spacial score (nSPS) is 16.6. The molecule has 0 saturated carbocycles. The van der Waals surface area contributed by atoms with Crippen LogP contribution in [0.15, 0.2) is 64.6 Å². The molecule has 3 rings (SSSR count). The zero-order valence-corrected chi connectivity index (χ0v) is 16.6. The summed E-state index contributed by atoms with van der Waals surface area (Å²) < 4.78 is 88.8. The molecule has 2 aromatic rings. The van der Waals surface area contributed by atoms with Crippen LogP contribution in [-0.4, -0.2) is 48.2 Å². The molecule has 0 fully saturated rings. The van der Waals surface area contributed by atoms with Crippen LogP contribution in [0.2, 0.25) is 0 Å². The molecule has 0 radical (unpaired) electrons. The lowest BCUT2D eigenvalue weighted by Gasteiger charge is -2.39. The SMILES string of the molecule is CCCN1C(c2ccccc2)=NC(C(F)(F)F)(C(F)(F)F)N=C1c1cccc(OC)c1. The molecule has 0 aromatic heterocycles. The average Bonchev–Trinajstić information content (AvgIpc) is 2.73. The fourth-order valence-corrected chi connectivity index (χ4v) is 3.19. The van der Waals surface area contributed by atoms with Gasteiger partial charge in [0.25, 0.3) is 0 Å². The third kappa shape index (κ3) is 4.11. The van der Waals surface area contributed by atoms with Gasteiger partial charge >= 0.3 is 18.0 Å². The van der Waals surface area contributed by atoms with Crippen molar-refractivity contribution in [1.29, 1.82) is 0 Å². The molecule has 0 bridgehead atoms. The van der Waals surface area contributed by atoms with Crippen molar-refractivity contribution in [3.8, 4) is 5.75 Å². The molecule has 0 aliphatic carbocycles. The molecule has 0 N–H and O–H groups in total. The Balaban J connectivity index is 2.36. The topological polar surface area (TPSA) is 37.2 Å². The van der Waals surface area contributed by atoms with Crippen LogP contribution in [0, 0.1) is 0 Å². The van der Waals surface area contributed by atoms with Gasteiger partial charge in [-0.25, -0.2) is 9.98 Å². The zero-order valence-electron chi connectivity index (χ0n) is 16.6. The molecule has 2 aromatic carbocycles. The molecule has 0 amide bonds. The Hall–Kier alpha value is -3.04. The zero-order chi connectivity index (χ0) is 22.9. The molecule has 10 heteroatoms. The van der Waals surface area contributed by atoms with Crippen molar-refractivity contribution in [3.05, 3.63) is 65.7 Å². The van der Waals surface area contributed by atoms with Crippen molar-refractivity contribution in [1.82, 2.24) is 4.90 Å². The second-order valence-corrected chi connectivity index (χ2v) is 6.79. The Morgan fingerprint density at radius 3 is 1.90 bits per heavy atom. The highest BCUT2D eigenvalue weighted by molar-refractivity contribution is 6.16. The summed E-state index contributed by atoms with van der Waals surface area (Å²) in [5.41, 5.74) is -4.47. The summed E-state index contributed by atoms with van der Waals surface area (Å²) >= 11 is 0. The van der Waals surface area contributed by atoms with E-state index in [-0.39, 0.29) is 23.4 Å². The predicted octanol–water partition coefficient (Wildman–Crippen LogP) is 5.44. The summed E-state index contributed by atoms with van der Waals surface area (Å²) in [6, 6.07) is 13.2. The Morgan fingerprint density at radius 2 is 1.39 bits per heavy atom. The van der Waals surface area contributed by atoms with Gasteiger partial charge in [-0.2, -0.15) is 26.3 Å². The van der Waals surface area contributed by atoms with Crippen LogP contribution in [0.5, 0.6) is 5.75 Å². The molecule has 31 heavy (non-hydrogen) atoms. The van der Waals surface area contributed by atoms with Gasteiger partial charge < -0.3 is 9.64 Å². The van der Waals surface area contributed by atoms with E-state index in [1.54, 1.807) is 13.0 Å². The lowest BCUT2D eigenvalue weighted by atomic mass is 10.0. The Kier molecular flexibility index (Phi) is 6.02. The fourth-order valence-electron chi connectivity index (χ4n) is 3.19. The molecule has 166 valence electrons. The van der Waals surface area contributed by atoms with E-state index in [2.05, 4.69) is 9.98 Å². The first-order valence-corrected chi connectivity index (χ1v) is 9.34. The number of nitrogens with zero attached hydrogens (tertiary/aromatic N) is 3. The maximum atomic E-state index is 14.0. The minimum absolute atomic E-state index is 0.0500. The van der Waals surface area contributed by atoms with Gasteiger partial charge in [0.1, 0.15) is 17.4 Å². The van der Waals surface area contributed by atoms with E-state index in [4.69, 9.17) is 4.74 Å². The highest BCUT2D eigenvalue weighted by Crippen LogP contribution is 2.49. The summed E-state index contributed by atoms with van der Waals surface area (Å²) in [5, 5.41) is 0. The van der Waals surface area contributed by atoms with Crippen molar-refractivity contribution in [2.75, 3.05) is 13.7 Å². The molecule has 0 spiro atoms. The average molecular weight is 443 g/mol. The monoisotopic (exact) mass is 443 g/mol. The Labute approximate surface area is 174 Å². The molecule has 1 aliphatic heterocycles. The van der Waals surface area contributed by atoms with E-state index in [0.717, 1.165) is 0 Å². The van der Waals surface area contributed by atoms with Crippen molar-refractivity contribution < 1.29 is 31.1 Å². The maximum Gasteiger partial charge on any atom is 0.443 e. The third-order valence-electron chi connectivity index (χ3n) is 4.64. The number of aliphatic imine (C=N–C) groups is 2. The van der Waals surface area contributed by atoms with E-state index in [9.17, 15) is 26.3 Å². The summed E-state index contributed by atoms with van der Waals surface area (Å²) in [6.45, 7) is 1.86. The smallest absolute Gasteiger partial charge is 0.443 e. The van der Waals surface area contributed by atoms with Gasteiger partial charge in [0.15, 0.2) is 0 Å². The van der Waals surface area contributed by atoms with Crippen LogP contribution in [0.3, 0.4) is 0 Å². The number of ether oxygens (including phenoxy) is 1. The Morgan fingerprint density at radius 1 is 0.839 bits per heavy atom. The van der Waals surface area contributed by atoms with Crippen molar-refractivity contribution in [3.63, 3.8) is 0 Å². The van der Waals surface area contributed by atoms with E-state index < -0.39 is 29.7 Å². The first-order chi connectivity index (χ1) is 14.5. The number of rotatable bonds is 5. The highest BCUT2D eigenvalue weighted by atomic mass is 19.4. The Bertz CT molecular complexity index is 969. The van der Waals surface area contributed by atoms with Crippen LogP contribution >= 0.6 is 0 Å². The van der Waals surface area contributed by atoms with E-state index in [1.807, 2.05) is 0 Å². The number of hydrogen-bond donors (Lipinski definition) is 0. The fraction of sp³-hybridized carbons (Fsp3) is 0.333. The van der Waals surface area contributed by atoms with Crippen LogP contribution in [0.4, 0.5) is 26.3 Å². The van der Waals surface area contributed by atoms with Crippen LogP contribution in [0.25, 0.3) is 0 Å². The molecule has 0 saturated heterocycles. The molecule has 0 atom stereocenters. The van der Waals surface area contributed by atoms with Gasteiger partial charge in [-0.15, -0.1) is 0 Å². The number of benzene rings is 2. The summed E-state index contributed by atoms with van der Waals surface area (Å²) in [7, 11) is 1.35. The van der Waals surface area contributed by atoms with Gasteiger partial charge in [0, 0.05) is 17.7 Å². The minimum atomic E-state index is -5.81. The summed E-state index contributed by atoms with van der Waals surface area (Å²) in [6.07, 6.45) is -11.2. The van der Waals surface area contributed by atoms with E-state index in [0.29, 0.717) is 6.42 Å². The second kappa shape index (κ2) is 8.24. The number of methoxy groups -OCH3 is 1. The van der Waals surface area contributed by atoms with Crippen molar-refractivity contribution >= 4 is 11.7 Å². The number of halogens is 6. The highest BCUT2D eigenvalue weighted by Gasteiger charge is 2.74. The first-order valence-electron chi connectivity index (χ1n) is 9.34. The van der Waals surface area contributed by atoms with Crippen LogP contribution < -0.4 is 4.74 Å². The number of amidine groups is 2. The molecular weight excluding hydrogens is 424 g/mol. The first kappa shape index (κ1) is 22.6. The van der Waals surface area contributed by atoms with E-state index >= 15 is 0 Å². The second-order valence-electron chi connectivity index (χ2n) is 6.79. The van der Waals surface area contributed by atoms with Crippen molar-refractivity contribution in [2.24, 2.45) is 9.98 Å². The van der Waals surface area contributed by atoms with E-state index in [1.165, 1.54) is 60.5 Å². The third-order valence-corrected chi connectivity index (χ3v) is 4.64. The van der Waals surface area contributed by atoms with Crippen LogP contribution in [-0.2, 0) is 0 Å². The minimum Gasteiger partial charge on any atom is -0.497 e. The molecule has 4 nitrogen and oxygen atoms in total. The molecule has 0 unspecified atom stereocenters. The summed E-state index contributed by atoms with van der Waals surface area (Å²) in [5.74, 6) is -0.667. The number of alkyl halides is 6. The maximum absolute atomic E-state index is 14.0. The lowest BCUT2D eigenvalue weighted by Crippen LogP contribution is -2.59.